The van der Waals surface area contributed by atoms with E-state index in [1.54, 1.807) is 19.9 Å². The van der Waals surface area contributed by atoms with Crippen LogP contribution in [0, 0.1) is 11.8 Å². The van der Waals surface area contributed by atoms with Crippen LogP contribution in [0.5, 0.6) is 5.75 Å². The van der Waals surface area contributed by atoms with Crippen molar-refractivity contribution in [2.24, 2.45) is 11.8 Å². The first-order valence-corrected chi connectivity index (χ1v) is 11.3. The van der Waals surface area contributed by atoms with E-state index < -0.39 is 0 Å². The average Bonchev–Trinajstić information content (AvgIpc) is 2.77. The lowest BCUT2D eigenvalue weighted by Gasteiger charge is -2.20. The van der Waals surface area contributed by atoms with Gasteiger partial charge in [-0.05, 0) is 66.6 Å². The molecule has 3 rings (SSSR count). The first-order valence-electron chi connectivity index (χ1n) is 11.3. The maximum atomic E-state index is 12.6. The van der Waals surface area contributed by atoms with Crippen molar-refractivity contribution in [2.75, 3.05) is 6.61 Å². The normalized spacial score (nSPS) is 14.1. The highest BCUT2D eigenvalue weighted by Crippen LogP contribution is 2.31. The van der Waals surface area contributed by atoms with Crippen molar-refractivity contribution in [2.45, 2.75) is 53.1 Å². The molecule has 0 radical (unpaired) electrons. The van der Waals surface area contributed by atoms with Gasteiger partial charge in [-0.3, -0.25) is 9.59 Å². The fourth-order valence-electron chi connectivity index (χ4n) is 4.16. The number of hydrogen-bond donors (Lipinski definition) is 1. The van der Waals surface area contributed by atoms with Gasteiger partial charge in [-0.1, -0.05) is 44.2 Å². The van der Waals surface area contributed by atoms with Crippen molar-refractivity contribution in [3.63, 3.8) is 0 Å². The van der Waals surface area contributed by atoms with Gasteiger partial charge in [0.25, 0.3) is 0 Å². The maximum Gasteiger partial charge on any atom is 0.308 e. The smallest absolute Gasteiger partial charge is 0.308 e. The summed E-state index contributed by atoms with van der Waals surface area (Å²) in [4.78, 5) is 24.7. The number of esters is 2. The number of hydrogen-bond acceptors (Lipinski definition) is 5. The highest BCUT2D eigenvalue weighted by Gasteiger charge is 2.26. The summed E-state index contributed by atoms with van der Waals surface area (Å²) in [5.74, 6) is -0.964. The number of phenolic OH excluding ortho intramolecular Hbond substituents is 1. The molecule has 0 aliphatic carbocycles. The van der Waals surface area contributed by atoms with Gasteiger partial charge in [-0.25, -0.2) is 0 Å². The molecule has 3 atom stereocenters. The van der Waals surface area contributed by atoms with Crippen LogP contribution in [0.4, 0.5) is 0 Å². The molecule has 0 heterocycles. The van der Waals surface area contributed by atoms with Crippen LogP contribution in [-0.4, -0.2) is 29.8 Å². The molecular weight excluding hydrogens is 404 g/mol. The third-order valence-corrected chi connectivity index (χ3v) is 5.92. The summed E-state index contributed by atoms with van der Waals surface area (Å²) >= 11 is 0. The minimum atomic E-state index is -0.383. The quantitative estimate of drug-likeness (QED) is 0.340. The Morgan fingerprint density at radius 1 is 0.938 bits per heavy atom. The van der Waals surface area contributed by atoms with Crippen LogP contribution in [-0.2, 0) is 25.5 Å². The zero-order chi connectivity index (χ0) is 23.3. The Balaban J connectivity index is 1.70. The van der Waals surface area contributed by atoms with Crippen LogP contribution >= 0.6 is 0 Å². The van der Waals surface area contributed by atoms with Gasteiger partial charge in [0.15, 0.2) is 0 Å². The fourth-order valence-corrected chi connectivity index (χ4v) is 4.16. The van der Waals surface area contributed by atoms with Gasteiger partial charge < -0.3 is 14.6 Å². The second kappa shape index (κ2) is 10.5. The van der Waals surface area contributed by atoms with Crippen molar-refractivity contribution >= 4 is 33.5 Å². The van der Waals surface area contributed by atoms with Gasteiger partial charge in [0.05, 0.1) is 18.4 Å². The number of ether oxygens (including phenoxy) is 2. The Morgan fingerprint density at radius 3 is 2.28 bits per heavy atom. The van der Waals surface area contributed by atoms with Crippen molar-refractivity contribution in [1.82, 2.24) is 0 Å². The summed E-state index contributed by atoms with van der Waals surface area (Å²) in [6.07, 6.45) is 1.32. The van der Waals surface area contributed by atoms with Crippen LogP contribution in [0.15, 0.2) is 48.5 Å². The molecule has 0 aliphatic heterocycles. The van der Waals surface area contributed by atoms with Gasteiger partial charge in [-0.2, -0.15) is 0 Å². The molecular formula is C27H32O5. The van der Waals surface area contributed by atoms with Gasteiger partial charge in [0, 0.05) is 11.8 Å². The molecule has 0 amide bonds. The van der Waals surface area contributed by atoms with E-state index in [-0.39, 0.29) is 35.6 Å². The summed E-state index contributed by atoms with van der Waals surface area (Å²) in [5, 5.41) is 14.0. The molecule has 32 heavy (non-hydrogen) atoms. The molecule has 0 fully saturated rings. The minimum absolute atomic E-state index is 0.253. The van der Waals surface area contributed by atoms with E-state index in [1.165, 1.54) is 0 Å². The van der Waals surface area contributed by atoms with Crippen LogP contribution < -0.4 is 0 Å². The van der Waals surface area contributed by atoms with Gasteiger partial charge >= 0.3 is 11.9 Å². The van der Waals surface area contributed by atoms with Crippen LogP contribution in [0.3, 0.4) is 0 Å². The molecule has 5 nitrogen and oxygen atoms in total. The molecule has 0 spiro atoms. The monoisotopic (exact) mass is 436 g/mol. The Hall–Kier alpha value is -3.08. The number of fused-ring (bicyclic) bond motifs is 2. The van der Waals surface area contributed by atoms with E-state index in [2.05, 4.69) is 6.07 Å². The van der Waals surface area contributed by atoms with Crippen molar-refractivity contribution < 1.29 is 24.2 Å². The van der Waals surface area contributed by atoms with Gasteiger partial charge in [0.1, 0.15) is 11.9 Å². The first kappa shape index (κ1) is 23.6. The zero-order valence-corrected chi connectivity index (χ0v) is 19.3. The van der Waals surface area contributed by atoms with Crippen molar-refractivity contribution in [3.8, 4) is 5.75 Å². The molecule has 5 heteroatoms. The van der Waals surface area contributed by atoms with E-state index in [9.17, 15) is 14.7 Å². The number of phenols is 1. The topological polar surface area (TPSA) is 72.8 Å². The fraction of sp³-hybridized carbons (Fsp3) is 0.407. The molecule has 0 bridgehead atoms. The number of carbonyl (C=O) groups is 2. The van der Waals surface area contributed by atoms with E-state index in [0.29, 0.717) is 25.9 Å². The average molecular weight is 437 g/mol. The maximum absolute atomic E-state index is 12.6. The van der Waals surface area contributed by atoms with Crippen LogP contribution in [0.1, 0.15) is 46.1 Å². The lowest BCUT2D eigenvalue weighted by atomic mass is 9.93. The number of carbonyl (C=O) groups excluding carboxylic acids is 2. The number of aromatic hydroxyl groups is 1. The van der Waals surface area contributed by atoms with E-state index in [1.807, 2.05) is 50.2 Å². The third kappa shape index (κ3) is 5.39. The lowest BCUT2D eigenvalue weighted by molar-refractivity contribution is -0.155. The minimum Gasteiger partial charge on any atom is -0.507 e. The Bertz CT molecular complexity index is 1100. The summed E-state index contributed by atoms with van der Waals surface area (Å²) in [7, 11) is 0. The molecule has 3 aromatic rings. The van der Waals surface area contributed by atoms with Crippen molar-refractivity contribution in [1.29, 1.82) is 0 Å². The van der Waals surface area contributed by atoms with Crippen molar-refractivity contribution in [3.05, 3.63) is 54.1 Å². The molecule has 170 valence electrons. The van der Waals surface area contributed by atoms with Gasteiger partial charge in [-0.15, -0.1) is 0 Å². The largest absolute Gasteiger partial charge is 0.507 e. The molecule has 3 aromatic carbocycles. The Labute approximate surface area is 189 Å². The second-order valence-corrected chi connectivity index (χ2v) is 8.43. The van der Waals surface area contributed by atoms with Gasteiger partial charge in [0.2, 0.25) is 0 Å². The van der Waals surface area contributed by atoms with E-state index in [4.69, 9.17) is 9.47 Å². The zero-order valence-electron chi connectivity index (χ0n) is 19.3. The number of rotatable bonds is 9. The van der Waals surface area contributed by atoms with Crippen LogP contribution in [0.25, 0.3) is 21.5 Å². The lowest BCUT2D eigenvalue weighted by Crippen LogP contribution is -2.27. The third-order valence-electron chi connectivity index (χ3n) is 5.92. The molecule has 0 aromatic heterocycles. The number of benzene rings is 3. The predicted molar refractivity (Wildman–Crippen MR) is 127 cm³/mol. The SMILES string of the molecule is CCOC(=O)C(CC)CC(C)C(=O)OC(C)Cc1cccc2cc3c(O)cccc3cc12. The van der Waals surface area contributed by atoms with E-state index >= 15 is 0 Å². The highest BCUT2D eigenvalue weighted by atomic mass is 16.5. The highest BCUT2D eigenvalue weighted by molar-refractivity contribution is 6.01. The first-order chi connectivity index (χ1) is 15.3. The summed E-state index contributed by atoms with van der Waals surface area (Å²) in [6, 6.07) is 15.6. The molecule has 0 saturated heterocycles. The second-order valence-electron chi connectivity index (χ2n) is 8.43. The molecule has 0 aliphatic rings. The van der Waals surface area contributed by atoms with Crippen LogP contribution in [0.2, 0.25) is 0 Å². The Kier molecular flexibility index (Phi) is 7.73. The Morgan fingerprint density at radius 2 is 1.59 bits per heavy atom. The predicted octanol–water partition coefficient (Wildman–Crippen LogP) is 5.79. The molecule has 3 unspecified atom stereocenters. The summed E-state index contributed by atoms with van der Waals surface area (Å²) < 4.78 is 10.8. The van der Waals surface area contributed by atoms with E-state index in [0.717, 1.165) is 27.1 Å². The summed E-state index contributed by atoms with van der Waals surface area (Å²) in [5.41, 5.74) is 1.08. The molecule has 1 N–H and O–H groups in total. The standard InChI is InChI=1S/C27H32O5/c1-5-19(27(30)31-6-2)13-17(3)26(29)32-18(4)14-20-9-7-10-21-16-24-22(15-23(20)21)11-8-12-25(24)28/h7-12,15-19,28H,5-6,13-14H2,1-4H3. The summed E-state index contributed by atoms with van der Waals surface area (Å²) in [6.45, 7) is 7.73. The molecule has 0 saturated carbocycles.